The fourth-order valence-corrected chi connectivity index (χ4v) is 2.05. The second-order valence-electron chi connectivity index (χ2n) is 3.94. The van der Waals surface area contributed by atoms with Gasteiger partial charge in [0.25, 0.3) is 0 Å². The van der Waals surface area contributed by atoms with E-state index >= 15 is 0 Å². The molecule has 1 heterocycles. The number of hydrogen-bond donors (Lipinski definition) is 1. The van der Waals surface area contributed by atoms with Crippen molar-refractivity contribution in [3.05, 3.63) is 40.9 Å². The number of benzene rings is 2. The lowest BCUT2D eigenvalue weighted by atomic mass is 10.0. The highest BCUT2D eigenvalue weighted by Gasteiger charge is 2.15. The summed E-state index contributed by atoms with van der Waals surface area (Å²) in [5.74, 6) is -1.27. The van der Waals surface area contributed by atoms with Crippen LogP contribution in [0.2, 0.25) is 5.02 Å². The topological polar surface area (TPSA) is 64.9 Å². The van der Waals surface area contributed by atoms with E-state index in [0.29, 0.717) is 5.52 Å². The molecule has 0 bridgehead atoms. The van der Waals surface area contributed by atoms with Gasteiger partial charge in [0, 0.05) is 17.2 Å². The van der Waals surface area contributed by atoms with E-state index in [0.717, 1.165) is 12.1 Å². The summed E-state index contributed by atoms with van der Waals surface area (Å²) < 4.78 is 31.9. The Morgan fingerprint density at radius 2 is 1.63 bits per heavy atom. The first kappa shape index (κ1) is 11.9. The normalized spacial score (nSPS) is 11.1. The SMILES string of the molecule is Nc1cc(Cl)c(-c2cc3nonc3cc2F)cc1F. The van der Waals surface area contributed by atoms with E-state index in [-0.39, 0.29) is 27.4 Å². The van der Waals surface area contributed by atoms with Gasteiger partial charge in [0.2, 0.25) is 0 Å². The van der Waals surface area contributed by atoms with E-state index in [4.69, 9.17) is 17.3 Å². The predicted octanol–water partition coefficient (Wildman–Crippen LogP) is 3.40. The molecule has 2 aromatic carbocycles. The minimum Gasteiger partial charge on any atom is -0.396 e. The lowest BCUT2D eigenvalue weighted by molar-refractivity contribution is 0.315. The first-order valence-electron chi connectivity index (χ1n) is 5.23. The molecule has 2 N–H and O–H groups in total. The molecule has 3 aromatic rings. The maximum Gasteiger partial charge on any atom is 0.146 e. The molecule has 0 aliphatic heterocycles. The van der Waals surface area contributed by atoms with Crippen LogP contribution in [0.3, 0.4) is 0 Å². The first-order chi connectivity index (χ1) is 9.06. The minimum absolute atomic E-state index is 0.0988. The Hall–Kier alpha value is -2.21. The monoisotopic (exact) mass is 281 g/mol. The summed E-state index contributed by atoms with van der Waals surface area (Å²) in [7, 11) is 0. The number of rotatable bonds is 1. The van der Waals surface area contributed by atoms with Crippen molar-refractivity contribution in [3.8, 4) is 11.1 Å². The molecule has 0 aliphatic rings. The Morgan fingerprint density at radius 3 is 2.37 bits per heavy atom. The van der Waals surface area contributed by atoms with Crippen molar-refractivity contribution in [1.29, 1.82) is 0 Å². The van der Waals surface area contributed by atoms with Gasteiger partial charge in [0.15, 0.2) is 0 Å². The van der Waals surface area contributed by atoms with Crippen molar-refractivity contribution in [2.45, 2.75) is 0 Å². The maximum atomic E-state index is 14.0. The average molecular weight is 282 g/mol. The summed E-state index contributed by atoms with van der Waals surface area (Å²) >= 11 is 5.96. The Labute approximate surface area is 110 Å². The molecule has 0 aliphatic carbocycles. The molecule has 0 spiro atoms. The zero-order chi connectivity index (χ0) is 13.6. The third kappa shape index (κ3) is 1.90. The number of nitrogen functional groups attached to an aromatic ring is 1. The number of nitrogens with zero attached hydrogens (tertiary/aromatic N) is 2. The van der Waals surface area contributed by atoms with Crippen molar-refractivity contribution in [3.63, 3.8) is 0 Å². The number of anilines is 1. The highest BCUT2D eigenvalue weighted by Crippen LogP contribution is 2.34. The van der Waals surface area contributed by atoms with Gasteiger partial charge in [-0.05, 0) is 28.5 Å². The van der Waals surface area contributed by atoms with E-state index in [1.807, 2.05) is 0 Å². The molecule has 0 saturated carbocycles. The van der Waals surface area contributed by atoms with E-state index in [1.165, 1.54) is 12.1 Å². The summed E-state index contributed by atoms with van der Waals surface area (Å²) in [4.78, 5) is 0. The summed E-state index contributed by atoms with van der Waals surface area (Å²) in [6, 6.07) is 4.84. The fraction of sp³-hybridized carbons (Fsp3) is 0. The molecule has 0 amide bonds. The second-order valence-corrected chi connectivity index (χ2v) is 4.35. The van der Waals surface area contributed by atoms with Gasteiger partial charge in [-0.3, -0.25) is 0 Å². The number of fused-ring (bicyclic) bond motifs is 1. The third-order valence-corrected chi connectivity index (χ3v) is 3.03. The first-order valence-corrected chi connectivity index (χ1v) is 5.61. The number of halogens is 3. The molecule has 0 radical (unpaired) electrons. The summed E-state index contributed by atoms with van der Waals surface area (Å²) in [6.45, 7) is 0. The van der Waals surface area contributed by atoms with Gasteiger partial charge in [-0.25, -0.2) is 13.4 Å². The van der Waals surface area contributed by atoms with Crippen molar-refractivity contribution in [1.82, 2.24) is 10.3 Å². The van der Waals surface area contributed by atoms with E-state index in [2.05, 4.69) is 14.9 Å². The molecule has 0 atom stereocenters. The van der Waals surface area contributed by atoms with Crippen LogP contribution in [0.1, 0.15) is 0 Å². The van der Waals surface area contributed by atoms with E-state index in [1.54, 1.807) is 0 Å². The van der Waals surface area contributed by atoms with Crippen LogP contribution < -0.4 is 5.73 Å². The van der Waals surface area contributed by atoms with Crippen LogP contribution in [-0.4, -0.2) is 10.3 Å². The van der Waals surface area contributed by atoms with Crippen LogP contribution >= 0.6 is 11.6 Å². The highest BCUT2D eigenvalue weighted by molar-refractivity contribution is 6.33. The van der Waals surface area contributed by atoms with Gasteiger partial charge in [0.1, 0.15) is 22.7 Å². The summed E-state index contributed by atoms with van der Waals surface area (Å²) in [6.07, 6.45) is 0. The summed E-state index contributed by atoms with van der Waals surface area (Å²) in [5.41, 5.74) is 6.21. The lowest BCUT2D eigenvalue weighted by Gasteiger charge is -2.07. The molecule has 1 aromatic heterocycles. The highest BCUT2D eigenvalue weighted by atomic mass is 35.5. The van der Waals surface area contributed by atoms with Crippen molar-refractivity contribution in [2.24, 2.45) is 0 Å². The van der Waals surface area contributed by atoms with Crippen LogP contribution in [0, 0.1) is 11.6 Å². The van der Waals surface area contributed by atoms with Crippen LogP contribution in [0.4, 0.5) is 14.5 Å². The predicted molar refractivity (Wildman–Crippen MR) is 66.6 cm³/mol. The molecule has 7 heteroatoms. The van der Waals surface area contributed by atoms with Gasteiger partial charge in [-0.15, -0.1) is 0 Å². The Kier molecular flexibility index (Phi) is 2.60. The van der Waals surface area contributed by atoms with Crippen molar-refractivity contribution < 1.29 is 13.4 Å². The van der Waals surface area contributed by atoms with Crippen molar-refractivity contribution >= 4 is 28.3 Å². The molecule has 3 rings (SSSR count). The molecule has 19 heavy (non-hydrogen) atoms. The largest absolute Gasteiger partial charge is 0.396 e. The number of nitrogens with two attached hydrogens (primary N) is 1. The fourth-order valence-electron chi connectivity index (χ4n) is 1.78. The van der Waals surface area contributed by atoms with E-state index < -0.39 is 11.6 Å². The number of hydrogen-bond acceptors (Lipinski definition) is 4. The van der Waals surface area contributed by atoms with Gasteiger partial charge in [-0.1, -0.05) is 11.6 Å². The van der Waals surface area contributed by atoms with Crippen LogP contribution in [0.15, 0.2) is 28.9 Å². The second kappa shape index (κ2) is 4.17. The lowest BCUT2D eigenvalue weighted by Crippen LogP contribution is -1.93. The smallest absolute Gasteiger partial charge is 0.146 e. The Balaban J connectivity index is 2.29. The molecule has 96 valence electrons. The van der Waals surface area contributed by atoms with E-state index in [9.17, 15) is 8.78 Å². The molecular formula is C12H6ClF2N3O. The quantitative estimate of drug-likeness (QED) is 0.694. The molecule has 4 nitrogen and oxygen atoms in total. The molecule has 0 fully saturated rings. The zero-order valence-corrected chi connectivity index (χ0v) is 10.1. The standard InChI is InChI=1S/C12H6ClF2N3O/c13-7-3-10(16)9(15)1-5(7)6-2-11-12(4-8(6)14)18-19-17-11/h1-4H,16H2. The van der Waals surface area contributed by atoms with Gasteiger partial charge < -0.3 is 5.73 Å². The maximum absolute atomic E-state index is 14.0. The van der Waals surface area contributed by atoms with Crippen LogP contribution in [-0.2, 0) is 0 Å². The zero-order valence-electron chi connectivity index (χ0n) is 9.32. The average Bonchev–Trinajstić information content (AvgIpc) is 2.80. The van der Waals surface area contributed by atoms with Crippen molar-refractivity contribution in [2.75, 3.05) is 5.73 Å². The van der Waals surface area contributed by atoms with Gasteiger partial charge >= 0.3 is 0 Å². The van der Waals surface area contributed by atoms with Gasteiger partial charge in [0.05, 0.1) is 10.7 Å². The van der Waals surface area contributed by atoms with Crippen LogP contribution in [0.25, 0.3) is 22.2 Å². The third-order valence-electron chi connectivity index (χ3n) is 2.72. The van der Waals surface area contributed by atoms with Gasteiger partial charge in [-0.2, -0.15) is 0 Å². The summed E-state index contributed by atoms with van der Waals surface area (Å²) in [5, 5.41) is 7.26. The Morgan fingerprint density at radius 1 is 0.947 bits per heavy atom. The van der Waals surface area contributed by atoms with Crippen LogP contribution in [0.5, 0.6) is 0 Å². The Bertz CT molecular complexity index is 788. The molecule has 0 saturated heterocycles. The molecular weight excluding hydrogens is 276 g/mol. The molecule has 0 unspecified atom stereocenters. The minimum atomic E-state index is -0.669. The number of aromatic nitrogens is 2.